The number of rotatable bonds is 2. The summed E-state index contributed by atoms with van der Waals surface area (Å²) in [6, 6.07) is 0.546. The zero-order valence-corrected chi connectivity index (χ0v) is 13.0. The molecule has 5 nitrogen and oxygen atoms in total. The number of methoxy groups -OCH3 is 1. The molecule has 1 unspecified atom stereocenters. The first kappa shape index (κ1) is 15.3. The van der Waals surface area contributed by atoms with Gasteiger partial charge in [0.1, 0.15) is 0 Å². The van der Waals surface area contributed by atoms with Crippen LogP contribution in [0.2, 0.25) is 0 Å². The molecule has 0 aromatic rings. The van der Waals surface area contributed by atoms with Crippen molar-refractivity contribution in [3.05, 3.63) is 0 Å². The Morgan fingerprint density at radius 3 is 2.81 bits per heavy atom. The molecule has 0 bridgehead atoms. The molecule has 0 N–H and O–H groups in total. The van der Waals surface area contributed by atoms with Crippen LogP contribution in [-0.2, 0) is 19.0 Å². The summed E-state index contributed by atoms with van der Waals surface area (Å²) >= 11 is 0. The van der Waals surface area contributed by atoms with Crippen molar-refractivity contribution in [2.24, 2.45) is 5.92 Å². The zero-order chi connectivity index (χ0) is 14.7. The number of carbonyl (C=O) groups is 1. The van der Waals surface area contributed by atoms with Crippen LogP contribution in [0.15, 0.2) is 0 Å². The summed E-state index contributed by atoms with van der Waals surface area (Å²) in [5.41, 5.74) is 0.0272. The van der Waals surface area contributed by atoms with Crippen molar-refractivity contribution in [2.75, 3.05) is 40.0 Å². The van der Waals surface area contributed by atoms with E-state index in [9.17, 15) is 4.79 Å². The minimum absolute atomic E-state index is 0.0272. The van der Waals surface area contributed by atoms with E-state index in [0.717, 1.165) is 71.4 Å². The Bertz CT molecular complexity index is 362. The molecule has 1 spiro atoms. The summed E-state index contributed by atoms with van der Waals surface area (Å²) in [6.45, 7) is 4.42. The number of nitrogens with zero attached hydrogens (tertiary/aromatic N) is 1. The van der Waals surface area contributed by atoms with Crippen molar-refractivity contribution in [1.29, 1.82) is 0 Å². The van der Waals surface area contributed by atoms with Crippen LogP contribution in [0.1, 0.15) is 38.5 Å². The minimum Gasteiger partial charge on any atom is -0.469 e. The Hall–Kier alpha value is -0.650. The molecule has 0 aromatic carbocycles. The van der Waals surface area contributed by atoms with Gasteiger partial charge in [-0.05, 0) is 45.1 Å². The van der Waals surface area contributed by atoms with Gasteiger partial charge in [-0.3, -0.25) is 9.69 Å². The maximum absolute atomic E-state index is 11.8. The van der Waals surface area contributed by atoms with Crippen LogP contribution >= 0.6 is 0 Å². The SMILES string of the molecule is COC(=O)[C@H]1CCCN(C2CCOC3(CCOCC3)C2)C1. The van der Waals surface area contributed by atoms with Crippen molar-refractivity contribution >= 4 is 5.97 Å². The number of carbonyl (C=O) groups excluding carboxylic acids is 1. The van der Waals surface area contributed by atoms with Gasteiger partial charge in [0.2, 0.25) is 0 Å². The van der Waals surface area contributed by atoms with E-state index in [1.54, 1.807) is 0 Å². The van der Waals surface area contributed by atoms with E-state index in [0.29, 0.717) is 6.04 Å². The van der Waals surface area contributed by atoms with Crippen molar-refractivity contribution in [1.82, 2.24) is 4.90 Å². The Kier molecular flexibility index (Phi) is 4.82. The van der Waals surface area contributed by atoms with Crippen molar-refractivity contribution < 1.29 is 19.0 Å². The monoisotopic (exact) mass is 297 g/mol. The van der Waals surface area contributed by atoms with Crippen LogP contribution < -0.4 is 0 Å². The van der Waals surface area contributed by atoms with Gasteiger partial charge < -0.3 is 14.2 Å². The van der Waals surface area contributed by atoms with Crippen LogP contribution in [0.4, 0.5) is 0 Å². The van der Waals surface area contributed by atoms with Gasteiger partial charge in [-0.25, -0.2) is 0 Å². The van der Waals surface area contributed by atoms with Gasteiger partial charge in [0.15, 0.2) is 0 Å². The summed E-state index contributed by atoms with van der Waals surface area (Å²) in [7, 11) is 1.49. The second kappa shape index (κ2) is 6.63. The molecule has 3 fully saturated rings. The van der Waals surface area contributed by atoms with Crippen LogP contribution in [0.3, 0.4) is 0 Å². The van der Waals surface area contributed by atoms with Crippen LogP contribution in [0.25, 0.3) is 0 Å². The molecule has 21 heavy (non-hydrogen) atoms. The normalized spacial score (nSPS) is 33.8. The van der Waals surface area contributed by atoms with E-state index in [2.05, 4.69) is 4.90 Å². The Balaban J connectivity index is 1.61. The van der Waals surface area contributed by atoms with E-state index in [4.69, 9.17) is 14.2 Å². The van der Waals surface area contributed by atoms with Gasteiger partial charge in [-0.2, -0.15) is 0 Å². The first-order chi connectivity index (χ1) is 10.2. The van der Waals surface area contributed by atoms with Crippen LogP contribution in [0, 0.1) is 5.92 Å². The molecule has 3 aliphatic heterocycles. The third-order valence-electron chi connectivity index (χ3n) is 5.37. The van der Waals surface area contributed by atoms with Crippen molar-refractivity contribution in [3.63, 3.8) is 0 Å². The molecule has 0 radical (unpaired) electrons. The molecule has 2 atom stereocenters. The minimum atomic E-state index is -0.0486. The number of likely N-dealkylation sites (tertiary alicyclic amines) is 1. The third kappa shape index (κ3) is 3.41. The third-order valence-corrected chi connectivity index (χ3v) is 5.37. The molecule has 5 heteroatoms. The number of ether oxygens (including phenoxy) is 3. The van der Waals surface area contributed by atoms with E-state index < -0.39 is 0 Å². The predicted octanol–water partition coefficient (Wildman–Crippen LogP) is 1.60. The molecule has 3 saturated heterocycles. The molecule has 0 aromatic heterocycles. The lowest BCUT2D eigenvalue weighted by molar-refractivity contribution is -0.157. The standard InChI is InChI=1S/C16H27NO4/c1-19-15(18)13-3-2-7-17(12-13)14-4-8-21-16(11-14)5-9-20-10-6-16/h13-14H,2-12H2,1H3/t13-,14?/m0/s1. The fourth-order valence-electron chi connectivity index (χ4n) is 4.10. The van der Waals surface area contributed by atoms with Gasteiger partial charge in [0, 0.05) is 32.4 Å². The Labute approximate surface area is 126 Å². The molecule has 3 aliphatic rings. The topological polar surface area (TPSA) is 48.0 Å². The predicted molar refractivity (Wildman–Crippen MR) is 78.1 cm³/mol. The average molecular weight is 297 g/mol. The molecule has 3 heterocycles. The van der Waals surface area contributed by atoms with Crippen molar-refractivity contribution in [3.8, 4) is 0 Å². The average Bonchev–Trinajstić information content (AvgIpc) is 2.55. The van der Waals surface area contributed by atoms with Gasteiger partial charge in [-0.1, -0.05) is 0 Å². The summed E-state index contributed by atoms with van der Waals surface area (Å²) in [6.07, 6.45) is 6.24. The first-order valence-electron chi connectivity index (χ1n) is 8.26. The quantitative estimate of drug-likeness (QED) is 0.725. The molecule has 3 rings (SSSR count). The zero-order valence-electron chi connectivity index (χ0n) is 13.0. The lowest BCUT2D eigenvalue weighted by atomic mass is 9.82. The molecule has 0 saturated carbocycles. The smallest absolute Gasteiger partial charge is 0.309 e. The number of hydrogen-bond donors (Lipinski definition) is 0. The van der Waals surface area contributed by atoms with Gasteiger partial charge >= 0.3 is 5.97 Å². The van der Waals surface area contributed by atoms with E-state index in [1.807, 2.05) is 0 Å². The molecule has 0 amide bonds. The molecular formula is C16H27NO4. The van der Waals surface area contributed by atoms with Gasteiger partial charge in [0.05, 0.1) is 18.6 Å². The second-order valence-corrected chi connectivity index (χ2v) is 6.65. The van der Waals surface area contributed by atoms with Gasteiger partial charge in [0.25, 0.3) is 0 Å². The second-order valence-electron chi connectivity index (χ2n) is 6.65. The lowest BCUT2D eigenvalue weighted by Crippen LogP contribution is -2.53. The molecule has 120 valence electrons. The Morgan fingerprint density at radius 1 is 1.24 bits per heavy atom. The maximum atomic E-state index is 11.8. The highest BCUT2D eigenvalue weighted by Crippen LogP contribution is 2.37. The highest BCUT2D eigenvalue weighted by atomic mass is 16.5. The largest absolute Gasteiger partial charge is 0.469 e. The number of esters is 1. The summed E-state index contributed by atoms with van der Waals surface area (Å²) < 4.78 is 16.5. The highest BCUT2D eigenvalue weighted by Gasteiger charge is 2.42. The van der Waals surface area contributed by atoms with Crippen LogP contribution in [-0.4, -0.2) is 62.5 Å². The van der Waals surface area contributed by atoms with Gasteiger partial charge in [-0.15, -0.1) is 0 Å². The van der Waals surface area contributed by atoms with E-state index in [-0.39, 0.29) is 17.5 Å². The fraction of sp³-hybridized carbons (Fsp3) is 0.938. The summed E-state index contributed by atoms with van der Waals surface area (Å²) in [5.74, 6) is 0.00442. The summed E-state index contributed by atoms with van der Waals surface area (Å²) in [4.78, 5) is 14.3. The lowest BCUT2D eigenvalue weighted by Gasteiger charge is -2.47. The molecular weight excluding hydrogens is 270 g/mol. The van der Waals surface area contributed by atoms with E-state index >= 15 is 0 Å². The Morgan fingerprint density at radius 2 is 2.05 bits per heavy atom. The van der Waals surface area contributed by atoms with E-state index in [1.165, 1.54) is 7.11 Å². The number of piperidine rings is 1. The fourth-order valence-corrected chi connectivity index (χ4v) is 4.10. The molecule has 0 aliphatic carbocycles. The highest BCUT2D eigenvalue weighted by molar-refractivity contribution is 5.72. The van der Waals surface area contributed by atoms with Crippen LogP contribution in [0.5, 0.6) is 0 Å². The number of hydrogen-bond acceptors (Lipinski definition) is 5. The first-order valence-corrected chi connectivity index (χ1v) is 8.26. The van der Waals surface area contributed by atoms with Crippen molar-refractivity contribution in [2.45, 2.75) is 50.2 Å². The maximum Gasteiger partial charge on any atom is 0.309 e. The summed E-state index contributed by atoms with van der Waals surface area (Å²) in [5, 5.41) is 0.